The average molecular weight is 387 g/mol. The number of allylic oxidation sites excluding steroid dienone is 2. The number of hydrogen-bond acceptors (Lipinski definition) is 3. The Morgan fingerprint density at radius 2 is 2.04 bits per heavy atom. The molecule has 3 nitrogen and oxygen atoms in total. The maximum atomic E-state index is 13.1. The minimum atomic E-state index is -4.37. The molecule has 0 bridgehead atoms. The van der Waals surface area contributed by atoms with Crippen LogP contribution in [0.5, 0.6) is 0 Å². The molecule has 0 unspecified atom stereocenters. The molecule has 4 rings (SSSR count). The predicted molar refractivity (Wildman–Crippen MR) is 100 cm³/mol. The maximum absolute atomic E-state index is 13.1. The Morgan fingerprint density at radius 3 is 2.79 bits per heavy atom. The molecular weight excluding hydrogens is 367 g/mol. The number of anilines is 1. The third-order valence-corrected chi connectivity index (χ3v) is 5.45. The van der Waals surface area contributed by atoms with Gasteiger partial charge in [0.2, 0.25) is 0 Å². The van der Waals surface area contributed by atoms with Gasteiger partial charge in [0.1, 0.15) is 0 Å². The van der Waals surface area contributed by atoms with Gasteiger partial charge in [-0.1, -0.05) is 24.3 Å². The molecule has 2 aliphatic rings. The quantitative estimate of drug-likeness (QED) is 0.542. The SMILES string of the molecule is CCOC(=O)c1ccc2c(c1)[C@H]1C=CC[C@@H]1[C@@H](c1cccc(C(F)(F)F)c1)N2. The molecular formula is C22H20F3NO2. The van der Waals surface area contributed by atoms with Crippen LogP contribution in [0.3, 0.4) is 0 Å². The number of hydrogen-bond donors (Lipinski definition) is 1. The lowest BCUT2D eigenvalue weighted by atomic mass is 9.76. The van der Waals surface area contributed by atoms with Gasteiger partial charge in [0, 0.05) is 11.6 Å². The molecule has 0 saturated carbocycles. The fourth-order valence-electron chi connectivity index (χ4n) is 4.17. The van der Waals surface area contributed by atoms with E-state index in [1.807, 2.05) is 12.1 Å². The van der Waals surface area contributed by atoms with Crippen molar-refractivity contribution in [1.29, 1.82) is 0 Å². The summed E-state index contributed by atoms with van der Waals surface area (Å²) in [6, 6.07) is 10.6. The summed E-state index contributed by atoms with van der Waals surface area (Å²) in [5.74, 6) is -0.234. The third kappa shape index (κ3) is 3.28. The Labute approximate surface area is 161 Å². The summed E-state index contributed by atoms with van der Waals surface area (Å²) in [6.07, 6.45) is 0.537. The van der Waals surface area contributed by atoms with Crippen molar-refractivity contribution in [2.45, 2.75) is 31.5 Å². The van der Waals surface area contributed by atoms with E-state index in [2.05, 4.69) is 17.5 Å². The first-order valence-electron chi connectivity index (χ1n) is 9.30. The van der Waals surface area contributed by atoms with E-state index in [1.165, 1.54) is 12.1 Å². The lowest BCUT2D eigenvalue weighted by Gasteiger charge is -2.38. The highest BCUT2D eigenvalue weighted by atomic mass is 19.4. The van der Waals surface area contributed by atoms with Crippen molar-refractivity contribution in [3.8, 4) is 0 Å². The van der Waals surface area contributed by atoms with E-state index >= 15 is 0 Å². The number of esters is 1. The Hall–Kier alpha value is -2.76. The average Bonchev–Trinajstić information content (AvgIpc) is 3.17. The van der Waals surface area contributed by atoms with Crippen LogP contribution in [0.4, 0.5) is 18.9 Å². The third-order valence-electron chi connectivity index (χ3n) is 5.45. The monoisotopic (exact) mass is 387 g/mol. The van der Waals surface area contributed by atoms with Crippen molar-refractivity contribution in [2.24, 2.45) is 5.92 Å². The number of nitrogens with one attached hydrogen (secondary N) is 1. The molecule has 146 valence electrons. The summed E-state index contributed by atoms with van der Waals surface area (Å²) >= 11 is 0. The van der Waals surface area contributed by atoms with Gasteiger partial charge in [-0.25, -0.2) is 4.79 Å². The molecule has 1 N–H and O–H groups in total. The molecule has 0 fully saturated rings. The summed E-state index contributed by atoms with van der Waals surface area (Å²) in [6.45, 7) is 2.06. The molecule has 2 aromatic rings. The number of halogens is 3. The lowest BCUT2D eigenvalue weighted by Crippen LogP contribution is -2.29. The summed E-state index contributed by atoms with van der Waals surface area (Å²) in [5, 5.41) is 3.40. The van der Waals surface area contributed by atoms with Crippen LogP contribution in [0, 0.1) is 5.92 Å². The van der Waals surface area contributed by atoms with Crippen LogP contribution in [0.15, 0.2) is 54.6 Å². The Balaban J connectivity index is 1.71. The van der Waals surface area contributed by atoms with Crippen LogP contribution in [-0.2, 0) is 10.9 Å². The first-order valence-corrected chi connectivity index (χ1v) is 9.30. The summed E-state index contributed by atoms with van der Waals surface area (Å²) in [4.78, 5) is 12.1. The van der Waals surface area contributed by atoms with Gasteiger partial charge in [-0.05, 0) is 60.7 Å². The van der Waals surface area contributed by atoms with Crippen LogP contribution < -0.4 is 5.32 Å². The van der Waals surface area contributed by atoms with Gasteiger partial charge < -0.3 is 10.1 Å². The number of fused-ring (bicyclic) bond motifs is 3. The summed E-state index contributed by atoms with van der Waals surface area (Å²) in [7, 11) is 0. The standard InChI is InChI=1S/C22H20F3NO2/c1-2-28-21(27)14-9-10-19-18(12-14)16-7-4-8-17(16)20(26-19)13-5-3-6-15(11-13)22(23,24)25/h3-7,9-12,16-17,20,26H,2,8H2,1H3/t16-,17-,20+/m0/s1. The van der Waals surface area contributed by atoms with Gasteiger partial charge in [0.15, 0.2) is 0 Å². The largest absolute Gasteiger partial charge is 0.462 e. The van der Waals surface area contributed by atoms with Crippen molar-refractivity contribution in [1.82, 2.24) is 0 Å². The van der Waals surface area contributed by atoms with Crippen LogP contribution in [0.1, 0.15) is 52.4 Å². The molecule has 0 radical (unpaired) electrons. The van der Waals surface area contributed by atoms with Crippen LogP contribution in [0.2, 0.25) is 0 Å². The van der Waals surface area contributed by atoms with E-state index in [0.29, 0.717) is 17.7 Å². The molecule has 0 spiro atoms. The van der Waals surface area contributed by atoms with Crippen LogP contribution in [-0.4, -0.2) is 12.6 Å². The molecule has 6 heteroatoms. The number of carbonyl (C=O) groups is 1. The predicted octanol–water partition coefficient (Wildman–Crippen LogP) is 5.71. The minimum absolute atomic E-state index is 0.0465. The molecule has 2 aromatic carbocycles. The smallest absolute Gasteiger partial charge is 0.416 e. The zero-order valence-corrected chi connectivity index (χ0v) is 15.3. The highest BCUT2D eigenvalue weighted by Gasteiger charge is 2.39. The zero-order valence-electron chi connectivity index (χ0n) is 15.3. The van der Waals surface area contributed by atoms with Crippen molar-refractivity contribution in [3.63, 3.8) is 0 Å². The fraction of sp³-hybridized carbons (Fsp3) is 0.318. The van der Waals surface area contributed by atoms with E-state index in [-0.39, 0.29) is 23.8 Å². The Bertz CT molecular complexity index is 936. The second-order valence-electron chi connectivity index (χ2n) is 7.12. The normalized spacial score (nSPS) is 22.9. The zero-order chi connectivity index (χ0) is 19.9. The molecule has 3 atom stereocenters. The van der Waals surface area contributed by atoms with Gasteiger partial charge >= 0.3 is 12.1 Å². The second-order valence-corrected chi connectivity index (χ2v) is 7.12. The van der Waals surface area contributed by atoms with E-state index < -0.39 is 11.7 Å². The molecule has 0 aromatic heterocycles. The van der Waals surface area contributed by atoms with Crippen molar-refractivity contribution in [3.05, 3.63) is 76.9 Å². The number of carbonyl (C=O) groups excluding carboxylic acids is 1. The number of benzene rings is 2. The molecule has 1 heterocycles. The Morgan fingerprint density at radius 1 is 1.21 bits per heavy atom. The number of alkyl halides is 3. The summed E-state index contributed by atoms with van der Waals surface area (Å²) in [5.41, 5.74) is 2.28. The highest BCUT2D eigenvalue weighted by Crippen LogP contribution is 2.50. The van der Waals surface area contributed by atoms with E-state index in [4.69, 9.17) is 4.74 Å². The van der Waals surface area contributed by atoms with E-state index in [1.54, 1.807) is 19.1 Å². The molecule has 0 saturated heterocycles. The maximum Gasteiger partial charge on any atom is 0.416 e. The van der Waals surface area contributed by atoms with Gasteiger partial charge in [-0.15, -0.1) is 0 Å². The molecule has 1 aliphatic heterocycles. The number of rotatable bonds is 3. The van der Waals surface area contributed by atoms with Crippen molar-refractivity contribution in [2.75, 3.05) is 11.9 Å². The minimum Gasteiger partial charge on any atom is -0.462 e. The molecule has 1 aliphatic carbocycles. The fourth-order valence-corrected chi connectivity index (χ4v) is 4.17. The van der Waals surface area contributed by atoms with E-state index in [9.17, 15) is 18.0 Å². The summed E-state index contributed by atoms with van der Waals surface area (Å²) < 4.78 is 44.5. The molecule has 28 heavy (non-hydrogen) atoms. The second kappa shape index (κ2) is 7.00. The highest BCUT2D eigenvalue weighted by molar-refractivity contribution is 5.90. The van der Waals surface area contributed by atoms with E-state index in [0.717, 1.165) is 23.7 Å². The van der Waals surface area contributed by atoms with Crippen LogP contribution >= 0.6 is 0 Å². The van der Waals surface area contributed by atoms with Gasteiger partial charge in [0.05, 0.1) is 23.8 Å². The first kappa shape index (κ1) is 18.6. The van der Waals surface area contributed by atoms with Gasteiger partial charge in [-0.3, -0.25) is 0 Å². The van der Waals surface area contributed by atoms with Crippen molar-refractivity contribution < 1.29 is 22.7 Å². The molecule has 0 amide bonds. The Kier molecular flexibility index (Phi) is 4.65. The van der Waals surface area contributed by atoms with Gasteiger partial charge in [-0.2, -0.15) is 13.2 Å². The first-order chi connectivity index (χ1) is 13.4. The van der Waals surface area contributed by atoms with Crippen LogP contribution in [0.25, 0.3) is 0 Å². The topological polar surface area (TPSA) is 38.3 Å². The lowest BCUT2D eigenvalue weighted by molar-refractivity contribution is -0.137. The van der Waals surface area contributed by atoms with Crippen molar-refractivity contribution >= 4 is 11.7 Å². The van der Waals surface area contributed by atoms with Gasteiger partial charge in [0.25, 0.3) is 0 Å². The number of ether oxygens (including phenoxy) is 1.